The van der Waals surface area contributed by atoms with Gasteiger partial charge in [-0.2, -0.15) is 0 Å². The number of hydrogen-bond donors (Lipinski definition) is 1. The maximum absolute atomic E-state index is 11.6. The summed E-state index contributed by atoms with van der Waals surface area (Å²) in [5.74, 6) is 0.605. The van der Waals surface area contributed by atoms with Gasteiger partial charge in [-0.15, -0.1) is 11.3 Å². The third-order valence-electron chi connectivity index (χ3n) is 2.74. The summed E-state index contributed by atoms with van der Waals surface area (Å²) in [4.78, 5) is 18.7. The van der Waals surface area contributed by atoms with E-state index < -0.39 is 0 Å². The summed E-state index contributed by atoms with van der Waals surface area (Å²) in [6.45, 7) is 2.24. The number of nitrogens with zero attached hydrogens (tertiary/aromatic N) is 2. The van der Waals surface area contributed by atoms with Gasteiger partial charge in [0.15, 0.2) is 0 Å². The molecule has 4 nitrogen and oxygen atoms in total. The van der Waals surface area contributed by atoms with Crippen LogP contribution in [0.1, 0.15) is 11.3 Å². The Labute approximate surface area is 93.1 Å². The molecule has 2 N–H and O–H groups in total. The van der Waals surface area contributed by atoms with Gasteiger partial charge in [0.05, 0.1) is 5.51 Å². The summed E-state index contributed by atoms with van der Waals surface area (Å²) in [5.41, 5.74) is 7.39. The first-order valence-electron chi connectivity index (χ1n) is 5.15. The highest BCUT2D eigenvalue weighted by Gasteiger charge is 2.27. The van der Waals surface area contributed by atoms with E-state index in [-0.39, 0.29) is 5.91 Å². The summed E-state index contributed by atoms with van der Waals surface area (Å²) in [6, 6.07) is 0. The van der Waals surface area contributed by atoms with Gasteiger partial charge in [0.2, 0.25) is 5.91 Å². The van der Waals surface area contributed by atoms with Crippen molar-refractivity contribution in [1.82, 2.24) is 9.88 Å². The Morgan fingerprint density at radius 1 is 1.67 bits per heavy atom. The topological polar surface area (TPSA) is 59.2 Å². The second-order valence-electron chi connectivity index (χ2n) is 3.86. The van der Waals surface area contributed by atoms with Crippen LogP contribution in [0, 0.1) is 5.92 Å². The van der Waals surface area contributed by atoms with Crippen molar-refractivity contribution in [2.45, 2.75) is 12.8 Å². The van der Waals surface area contributed by atoms with Crippen LogP contribution in [0.3, 0.4) is 0 Å². The first kappa shape index (κ1) is 10.6. The van der Waals surface area contributed by atoms with Gasteiger partial charge in [-0.1, -0.05) is 0 Å². The van der Waals surface area contributed by atoms with Gasteiger partial charge < -0.3 is 10.6 Å². The minimum Gasteiger partial charge on any atom is -0.342 e. The van der Waals surface area contributed by atoms with E-state index in [0.29, 0.717) is 18.9 Å². The van der Waals surface area contributed by atoms with Crippen molar-refractivity contribution in [3.63, 3.8) is 0 Å². The van der Waals surface area contributed by atoms with E-state index in [0.717, 1.165) is 19.5 Å². The molecule has 0 bridgehead atoms. The number of nitrogens with two attached hydrogens (primary N) is 1. The van der Waals surface area contributed by atoms with E-state index in [4.69, 9.17) is 5.73 Å². The van der Waals surface area contributed by atoms with E-state index in [1.54, 1.807) is 11.3 Å². The molecule has 0 spiro atoms. The molecule has 0 radical (unpaired) electrons. The van der Waals surface area contributed by atoms with Gasteiger partial charge in [-0.05, 0) is 12.5 Å². The number of thiazole rings is 1. The Kier molecular flexibility index (Phi) is 3.33. The fraction of sp³-hybridized carbons (Fsp3) is 0.600. The van der Waals surface area contributed by atoms with Crippen LogP contribution in [-0.2, 0) is 11.2 Å². The molecular formula is C10H15N3OS. The van der Waals surface area contributed by atoms with E-state index in [9.17, 15) is 4.79 Å². The zero-order valence-corrected chi connectivity index (χ0v) is 9.37. The molecule has 1 aromatic heterocycles. The van der Waals surface area contributed by atoms with Gasteiger partial charge in [-0.3, -0.25) is 9.78 Å². The van der Waals surface area contributed by atoms with Crippen LogP contribution >= 0.6 is 11.3 Å². The largest absolute Gasteiger partial charge is 0.342 e. The Hall–Kier alpha value is -0.940. The average molecular weight is 225 g/mol. The lowest BCUT2D eigenvalue weighted by atomic mass is 10.1. The highest BCUT2D eigenvalue weighted by molar-refractivity contribution is 7.09. The predicted molar refractivity (Wildman–Crippen MR) is 59.6 cm³/mol. The van der Waals surface area contributed by atoms with E-state index in [1.165, 1.54) is 4.88 Å². The number of rotatable bonds is 4. The first-order chi connectivity index (χ1) is 7.29. The Balaban J connectivity index is 1.83. The van der Waals surface area contributed by atoms with Crippen LogP contribution in [0.5, 0.6) is 0 Å². The molecular weight excluding hydrogens is 210 g/mol. The molecule has 0 aromatic carbocycles. The minimum atomic E-state index is 0.245. The standard InChI is InChI=1S/C10H15N3OS/c11-4-8-3-10(14)13(6-8)2-1-9-5-12-7-15-9/h5,7-8H,1-4,6,11H2. The molecule has 1 atom stereocenters. The molecule has 1 unspecified atom stereocenters. The molecule has 1 aromatic rings. The van der Waals surface area contributed by atoms with Gasteiger partial charge >= 0.3 is 0 Å². The lowest BCUT2D eigenvalue weighted by Crippen LogP contribution is -2.28. The second-order valence-corrected chi connectivity index (χ2v) is 4.83. The second kappa shape index (κ2) is 4.72. The van der Waals surface area contributed by atoms with Crippen molar-refractivity contribution in [2.24, 2.45) is 11.7 Å². The summed E-state index contributed by atoms with van der Waals surface area (Å²) in [6.07, 6.45) is 3.40. The monoisotopic (exact) mass is 225 g/mol. The fourth-order valence-corrected chi connectivity index (χ4v) is 2.43. The Morgan fingerprint density at radius 2 is 2.53 bits per heavy atom. The van der Waals surface area contributed by atoms with Gasteiger partial charge in [0.25, 0.3) is 0 Å². The molecule has 82 valence electrons. The molecule has 1 fully saturated rings. The van der Waals surface area contributed by atoms with Crippen LogP contribution in [-0.4, -0.2) is 35.4 Å². The van der Waals surface area contributed by atoms with Crippen molar-refractivity contribution in [1.29, 1.82) is 0 Å². The van der Waals surface area contributed by atoms with Crippen molar-refractivity contribution in [3.8, 4) is 0 Å². The lowest BCUT2D eigenvalue weighted by Gasteiger charge is -2.15. The number of carbonyl (C=O) groups excluding carboxylic acids is 1. The van der Waals surface area contributed by atoms with Crippen LogP contribution in [0.4, 0.5) is 0 Å². The first-order valence-corrected chi connectivity index (χ1v) is 6.02. The third-order valence-corrected chi connectivity index (χ3v) is 3.58. The number of aromatic nitrogens is 1. The number of likely N-dealkylation sites (tertiary alicyclic amines) is 1. The molecule has 5 heteroatoms. The van der Waals surface area contributed by atoms with E-state index in [1.807, 2.05) is 16.6 Å². The highest BCUT2D eigenvalue weighted by Crippen LogP contribution is 2.17. The summed E-state index contributed by atoms with van der Waals surface area (Å²) in [5, 5.41) is 0. The van der Waals surface area contributed by atoms with Crippen molar-refractivity contribution in [2.75, 3.05) is 19.6 Å². The van der Waals surface area contributed by atoms with Crippen molar-refractivity contribution >= 4 is 17.2 Å². The molecule has 1 aliphatic heterocycles. The molecule has 1 saturated heterocycles. The number of amides is 1. The van der Waals surface area contributed by atoms with Crippen molar-refractivity contribution in [3.05, 3.63) is 16.6 Å². The lowest BCUT2D eigenvalue weighted by molar-refractivity contribution is -0.127. The highest BCUT2D eigenvalue weighted by atomic mass is 32.1. The quantitative estimate of drug-likeness (QED) is 0.811. The van der Waals surface area contributed by atoms with Crippen LogP contribution in [0.25, 0.3) is 0 Å². The van der Waals surface area contributed by atoms with Gasteiger partial charge in [-0.25, -0.2) is 0 Å². The maximum Gasteiger partial charge on any atom is 0.222 e. The predicted octanol–water partition coefficient (Wildman–Crippen LogP) is 0.493. The smallest absolute Gasteiger partial charge is 0.222 e. The zero-order valence-electron chi connectivity index (χ0n) is 8.56. The molecule has 2 rings (SSSR count). The SMILES string of the molecule is NCC1CC(=O)N(CCc2cncs2)C1. The number of carbonyl (C=O) groups is 1. The molecule has 1 aliphatic rings. The number of hydrogen-bond acceptors (Lipinski definition) is 4. The minimum absolute atomic E-state index is 0.245. The molecule has 0 aliphatic carbocycles. The average Bonchev–Trinajstić information content (AvgIpc) is 2.84. The van der Waals surface area contributed by atoms with Gasteiger partial charge in [0, 0.05) is 37.0 Å². The molecule has 2 heterocycles. The zero-order chi connectivity index (χ0) is 10.7. The summed E-state index contributed by atoms with van der Waals surface area (Å²) in [7, 11) is 0. The maximum atomic E-state index is 11.6. The Morgan fingerprint density at radius 3 is 3.13 bits per heavy atom. The van der Waals surface area contributed by atoms with Crippen LogP contribution in [0.15, 0.2) is 11.7 Å². The summed E-state index contributed by atoms with van der Waals surface area (Å²) < 4.78 is 0. The molecule has 1 amide bonds. The summed E-state index contributed by atoms with van der Waals surface area (Å²) >= 11 is 1.64. The fourth-order valence-electron chi connectivity index (χ4n) is 1.84. The van der Waals surface area contributed by atoms with Crippen LogP contribution < -0.4 is 5.73 Å². The molecule has 0 saturated carbocycles. The van der Waals surface area contributed by atoms with Crippen LogP contribution in [0.2, 0.25) is 0 Å². The third kappa shape index (κ3) is 2.54. The van der Waals surface area contributed by atoms with Crippen molar-refractivity contribution < 1.29 is 4.79 Å². The van der Waals surface area contributed by atoms with E-state index >= 15 is 0 Å². The van der Waals surface area contributed by atoms with E-state index in [2.05, 4.69) is 4.98 Å². The normalized spacial score (nSPS) is 21.3. The van der Waals surface area contributed by atoms with Gasteiger partial charge in [0.1, 0.15) is 0 Å². The Bertz CT molecular complexity index is 325. The molecule has 15 heavy (non-hydrogen) atoms.